The van der Waals surface area contributed by atoms with Gasteiger partial charge in [-0.25, -0.2) is 9.97 Å². The van der Waals surface area contributed by atoms with E-state index in [2.05, 4.69) is 40.5 Å². The minimum atomic E-state index is 0.00266. The number of benzene rings is 2. The normalized spacial score (nSPS) is 13.8. The molecule has 26 heavy (non-hydrogen) atoms. The number of anilines is 1. The number of carbonyl (C=O) groups is 1. The van der Waals surface area contributed by atoms with Crippen LogP contribution >= 0.6 is 0 Å². The molecule has 0 radical (unpaired) electrons. The van der Waals surface area contributed by atoms with E-state index in [9.17, 15) is 4.79 Å². The molecule has 3 aromatic rings. The molecule has 1 aromatic heterocycles. The SMILES string of the molecule is CC(C)Nc1ncc2cc(-c3cccc(C(=O)NC4CC4)c3)ccc2n1. The van der Waals surface area contributed by atoms with Gasteiger partial charge in [0.2, 0.25) is 5.95 Å². The molecule has 132 valence electrons. The lowest BCUT2D eigenvalue weighted by Crippen LogP contribution is -2.25. The maximum Gasteiger partial charge on any atom is 0.251 e. The molecule has 0 saturated heterocycles. The molecule has 0 spiro atoms. The summed E-state index contributed by atoms with van der Waals surface area (Å²) in [6.45, 7) is 4.12. The van der Waals surface area contributed by atoms with Crippen LogP contribution in [-0.2, 0) is 0 Å². The maximum atomic E-state index is 12.3. The summed E-state index contributed by atoms with van der Waals surface area (Å²) >= 11 is 0. The third-order valence-corrected chi connectivity index (χ3v) is 4.37. The lowest BCUT2D eigenvalue weighted by Gasteiger charge is -2.10. The molecule has 2 N–H and O–H groups in total. The lowest BCUT2D eigenvalue weighted by atomic mass is 10.0. The molecule has 0 bridgehead atoms. The summed E-state index contributed by atoms with van der Waals surface area (Å²) in [5.41, 5.74) is 3.66. The number of rotatable bonds is 5. The van der Waals surface area contributed by atoms with Crippen molar-refractivity contribution in [1.29, 1.82) is 0 Å². The molecule has 1 amide bonds. The molecule has 1 aliphatic rings. The Morgan fingerprint density at radius 2 is 1.92 bits per heavy atom. The second-order valence-electron chi connectivity index (χ2n) is 7.09. The second-order valence-corrected chi connectivity index (χ2v) is 7.09. The van der Waals surface area contributed by atoms with E-state index in [4.69, 9.17) is 0 Å². The van der Waals surface area contributed by atoms with Crippen molar-refractivity contribution in [2.24, 2.45) is 0 Å². The Bertz CT molecular complexity index is 963. The summed E-state index contributed by atoms with van der Waals surface area (Å²) in [6.07, 6.45) is 4.01. The van der Waals surface area contributed by atoms with Gasteiger partial charge in [-0.15, -0.1) is 0 Å². The predicted octanol–water partition coefficient (Wildman–Crippen LogP) is 4.01. The summed E-state index contributed by atoms with van der Waals surface area (Å²) in [4.78, 5) is 21.2. The average Bonchev–Trinajstić information content (AvgIpc) is 3.45. The maximum absolute atomic E-state index is 12.3. The number of nitrogens with one attached hydrogen (secondary N) is 2. The van der Waals surface area contributed by atoms with Crippen molar-refractivity contribution in [3.8, 4) is 11.1 Å². The van der Waals surface area contributed by atoms with Crippen molar-refractivity contribution >= 4 is 22.8 Å². The first-order chi connectivity index (χ1) is 12.6. The Morgan fingerprint density at radius 3 is 2.69 bits per heavy atom. The summed E-state index contributed by atoms with van der Waals surface area (Å²) in [7, 11) is 0. The van der Waals surface area contributed by atoms with Gasteiger partial charge in [-0.3, -0.25) is 4.79 Å². The van der Waals surface area contributed by atoms with Crippen LogP contribution < -0.4 is 10.6 Å². The van der Waals surface area contributed by atoms with Crippen molar-refractivity contribution in [2.75, 3.05) is 5.32 Å². The van der Waals surface area contributed by atoms with E-state index in [1.807, 2.05) is 42.6 Å². The van der Waals surface area contributed by atoms with Crippen LogP contribution in [0.15, 0.2) is 48.7 Å². The molecule has 5 heteroatoms. The molecule has 2 aromatic carbocycles. The molecule has 1 fully saturated rings. The van der Waals surface area contributed by atoms with Gasteiger partial charge in [0.25, 0.3) is 5.91 Å². The number of nitrogens with zero attached hydrogens (tertiary/aromatic N) is 2. The van der Waals surface area contributed by atoms with E-state index < -0.39 is 0 Å². The molecule has 0 aliphatic heterocycles. The van der Waals surface area contributed by atoms with Crippen molar-refractivity contribution < 1.29 is 4.79 Å². The highest BCUT2D eigenvalue weighted by molar-refractivity contribution is 5.96. The number of aromatic nitrogens is 2. The van der Waals surface area contributed by atoms with Crippen LogP contribution in [0.3, 0.4) is 0 Å². The summed E-state index contributed by atoms with van der Waals surface area (Å²) < 4.78 is 0. The van der Waals surface area contributed by atoms with Crippen LogP contribution in [0.1, 0.15) is 37.0 Å². The Kier molecular flexibility index (Phi) is 4.29. The van der Waals surface area contributed by atoms with E-state index in [1.54, 1.807) is 0 Å². The minimum Gasteiger partial charge on any atom is -0.352 e. The highest BCUT2D eigenvalue weighted by atomic mass is 16.1. The van der Waals surface area contributed by atoms with E-state index in [1.165, 1.54) is 0 Å². The Hall–Kier alpha value is -2.95. The fourth-order valence-electron chi connectivity index (χ4n) is 2.88. The van der Waals surface area contributed by atoms with Crippen LogP contribution in [0, 0.1) is 0 Å². The van der Waals surface area contributed by atoms with E-state index in [0.29, 0.717) is 17.6 Å². The Labute approximate surface area is 152 Å². The topological polar surface area (TPSA) is 66.9 Å². The van der Waals surface area contributed by atoms with Gasteiger partial charge >= 0.3 is 0 Å². The lowest BCUT2D eigenvalue weighted by molar-refractivity contribution is 0.0951. The van der Waals surface area contributed by atoms with Gasteiger partial charge in [0.15, 0.2) is 0 Å². The fourth-order valence-corrected chi connectivity index (χ4v) is 2.88. The third-order valence-electron chi connectivity index (χ3n) is 4.37. The monoisotopic (exact) mass is 346 g/mol. The van der Waals surface area contributed by atoms with Crippen LogP contribution in [0.5, 0.6) is 0 Å². The first kappa shape index (κ1) is 16.5. The van der Waals surface area contributed by atoms with Gasteiger partial charge < -0.3 is 10.6 Å². The zero-order valence-corrected chi connectivity index (χ0v) is 15.0. The largest absolute Gasteiger partial charge is 0.352 e. The van der Waals surface area contributed by atoms with Crippen molar-refractivity contribution in [3.05, 3.63) is 54.2 Å². The molecule has 1 aliphatic carbocycles. The molecular weight excluding hydrogens is 324 g/mol. The van der Waals surface area contributed by atoms with Gasteiger partial charge in [-0.05, 0) is 62.1 Å². The number of fused-ring (bicyclic) bond motifs is 1. The van der Waals surface area contributed by atoms with Gasteiger partial charge in [0, 0.05) is 29.2 Å². The van der Waals surface area contributed by atoms with E-state index in [0.717, 1.165) is 34.9 Å². The zero-order valence-electron chi connectivity index (χ0n) is 15.0. The molecule has 1 saturated carbocycles. The van der Waals surface area contributed by atoms with Crippen LogP contribution in [0.2, 0.25) is 0 Å². The number of carbonyl (C=O) groups excluding carboxylic acids is 1. The van der Waals surface area contributed by atoms with Crippen molar-refractivity contribution in [1.82, 2.24) is 15.3 Å². The van der Waals surface area contributed by atoms with Crippen molar-refractivity contribution in [3.63, 3.8) is 0 Å². The standard InChI is InChI=1S/C21H22N4O/c1-13(2)23-21-22-12-17-11-15(6-9-19(17)25-21)14-4-3-5-16(10-14)20(26)24-18-7-8-18/h3-6,9-13,18H,7-8H2,1-2H3,(H,24,26)(H,22,23,25). The summed E-state index contributed by atoms with van der Waals surface area (Å²) in [5, 5.41) is 7.23. The van der Waals surface area contributed by atoms with E-state index >= 15 is 0 Å². The molecule has 5 nitrogen and oxygen atoms in total. The van der Waals surface area contributed by atoms with Crippen molar-refractivity contribution in [2.45, 2.75) is 38.8 Å². The van der Waals surface area contributed by atoms with Gasteiger partial charge in [0.05, 0.1) is 5.52 Å². The average molecular weight is 346 g/mol. The molecule has 0 unspecified atom stereocenters. The van der Waals surface area contributed by atoms with Crippen LogP contribution in [0.4, 0.5) is 5.95 Å². The first-order valence-corrected chi connectivity index (χ1v) is 9.03. The van der Waals surface area contributed by atoms with Gasteiger partial charge in [-0.2, -0.15) is 0 Å². The number of amides is 1. The number of hydrogen-bond acceptors (Lipinski definition) is 4. The predicted molar refractivity (Wildman–Crippen MR) is 104 cm³/mol. The third kappa shape index (κ3) is 3.67. The van der Waals surface area contributed by atoms with Crippen LogP contribution in [-0.4, -0.2) is 28.0 Å². The highest BCUT2D eigenvalue weighted by Gasteiger charge is 2.23. The summed E-state index contributed by atoms with van der Waals surface area (Å²) in [5.74, 6) is 0.641. The number of hydrogen-bond donors (Lipinski definition) is 2. The highest BCUT2D eigenvalue weighted by Crippen LogP contribution is 2.25. The fraction of sp³-hybridized carbons (Fsp3) is 0.286. The van der Waals surface area contributed by atoms with Crippen LogP contribution in [0.25, 0.3) is 22.0 Å². The molecule has 0 atom stereocenters. The molecule has 4 rings (SSSR count). The zero-order chi connectivity index (χ0) is 18.1. The van der Waals surface area contributed by atoms with Gasteiger partial charge in [-0.1, -0.05) is 18.2 Å². The minimum absolute atomic E-state index is 0.00266. The summed E-state index contributed by atoms with van der Waals surface area (Å²) in [6, 6.07) is 14.5. The smallest absolute Gasteiger partial charge is 0.251 e. The quantitative estimate of drug-likeness (QED) is 0.732. The Balaban J connectivity index is 1.62. The first-order valence-electron chi connectivity index (χ1n) is 9.03. The Morgan fingerprint density at radius 1 is 1.12 bits per heavy atom. The van der Waals surface area contributed by atoms with E-state index in [-0.39, 0.29) is 11.9 Å². The molecular formula is C21H22N4O. The van der Waals surface area contributed by atoms with Gasteiger partial charge in [0.1, 0.15) is 0 Å². The second kappa shape index (κ2) is 6.75. The molecule has 1 heterocycles.